The number of carbonyl (C=O) groups excluding carboxylic acids is 1. The second-order valence-corrected chi connectivity index (χ2v) is 6.24. The van der Waals surface area contributed by atoms with Crippen LogP contribution >= 0.6 is 0 Å². The highest BCUT2D eigenvalue weighted by molar-refractivity contribution is 5.83. The van der Waals surface area contributed by atoms with Crippen molar-refractivity contribution in [1.82, 2.24) is 14.9 Å². The largest absolute Gasteiger partial charge is 0.497 e. The summed E-state index contributed by atoms with van der Waals surface area (Å²) in [6, 6.07) is 17.1. The van der Waals surface area contributed by atoms with Gasteiger partial charge in [-0.05, 0) is 30.2 Å². The molecular weight excluding hydrogens is 326 g/mol. The third kappa shape index (κ3) is 3.77. The first-order valence-corrected chi connectivity index (χ1v) is 8.56. The van der Waals surface area contributed by atoms with Gasteiger partial charge in [0.15, 0.2) is 0 Å². The Morgan fingerprint density at radius 2 is 1.77 bits per heavy atom. The molecule has 2 unspecified atom stereocenters. The Labute approximate surface area is 153 Å². The van der Waals surface area contributed by atoms with Crippen molar-refractivity contribution in [3.05, 3.63) is 83.9 Å². The van der Waals surface area contributed by atoms with Gasteiger partial charge in [0.25, 0.3) is 0 Å². The van der Waals surface area contributed by atoms with Crippen LogP contribution < -0.4 is 10.1 Å². The van der Waals surface area contributed by atoms with E-state index in [1.54, 1.807) is 13.3 Å². The average Bonchev–Trinajstić information content (AvgIpc) is 3.11. The number of ether oxygens (including phenoxy) is 1. The summed E-state index contributed by atoms with van der Waals surface area (Å²) in [5.41, 5.74) is 1.94. The van der Waals surface area contributed by atoms with Crippen molar-refractivity contribution in [2.24, 2.45) is 7.05 Å². The lowest BCUT2D eigenvalue weighted by Crippen LogP contribution is -2.34. The topological polar surface area (TPSA) is 56.1 Å². The number of hydrogen-bond acceptors (Lipinski definition) is 3. The maximum Gasteiger partial charge on any atom is 0.228 e. The summed E-state index contributed by atoms with van der Waals surface area (Å²) in [7, 11) is 3.56. The molecule has 0 saturated heterocycles. The Morgan fingerprint density at radius 1 is 1.08 bits per heavy atom. The van der Waals surface area contributed by atoms with Crippen LogP contribution in [0.25, 0.3) is 0 Å². The maximum absolute atomic E-state index is 12.9. The van der Waals surface area contributed by atoms with E-state index in [2.05, 4.69) is 10.3 Å². The Morgan fingerprint density at radius 3 is 2.35 bits per heavy atom. The lowest BCUT2D eigenvalue weighted by molar-refractivity contribution is -0.122. The summed E-state index contributed by atoms with van der Waals surface area (Å²) in [6.45, 7) is 1.91. The van der Waals surface area contributed by atoms with Gasteiger partial charge in [0.05, 0.1) is 13.0 Å². The lowest BCUT2D eigenvalue weighted by Gasteiger charge is -2.22. The third-order valence-electron chi connectivity index (χ3n) is 4.55. The van der Waals surface area contributed by atoms with Crippen LogP contribution in [0.5, 0.6) is 5.75 Å². The number of nitrogens with one attached hydrogen (secondary N) is 1. The summed E-state index contributed by atoms with van der Waals surface area (Å²) >= 11 is 0. The first kappa shape index (κ1) is 17.7. The normalized spacial score (nSPS) is 13.0. The molecule has 26 heavy (non-hydrogen) atoms. The number of rotatable bonds is 6. The molecule has 0 saturated carbocycles. The van der Waals surface area contributed by atoms with Crippen molar-refractivity contribution in [3.8, 4) is 5.75 Å². The summed E-state index contributed by atoms with van der Waals surface area (Å²) in [5.74, 6) is 1.26. The van der Waals surface area contributed by atoms with Crippen molar-refractivity contribution in [1.29, 1.82) is 0 Å². The number of aryl methyl sites for hydroxylation is 1. The SMILES string of the molecule is COc1ccc(C(NC(=O)C(C)c2ccccc2)c2nccn2C)cc1. The first-order chi connectivity index (χ1) is 12.6. The molecule has 3 aromatic rings. The van der Waals surface area contributed by atoms with Crippen LogP contribution in [-0.2, 0) is 11.8 Å². The number of hydrogen-bond donors (Lipinski definition) is 1. The highest BCUT2D eigenvalue weighted by Gasteiger charge is 2.24. The van der Waals surface area contributed by atoms with E-state index in [1.807, 2.05) is 79.3 Å². The molecule has 0 fully saturated rings. The quantitative estimate of drug-likeness (QED) is 0.742. The summed E-state index contributed by atoms with van der Waals surface area (Å²) in [5, 5.41) is 3.15. The van der Waals surface area contributed by atoms with Crippen LogP contribution in [-0.4, -0.2) is 22.6 Å². The molecular formula is C21H23N3O2. The smallest absolute Gasteiger partial charge is 0.228 e. The fraction of sp³-hybridized carbons (Fsp3) is 0.238. The molecule has 0 aliphatic rings. The zero-order chi connectivity index (χ0) is 18.5. The zero-order valence-electron chi connectivity index (χ0n) is 15.2. The second-order valence-electron chi connectivity index (χ2n) is 6.24. The molecule has 5 heteroatoms. The van der Waals surface area contributed by atoms with Crippen LogP contribution in [0.2, 0.25) is 0 Å². The Bertz CT molecular complexity index is 856. The first-order valence-electron chi connectivity index (χ1n) is 8.56. The number of amides is 1. The summed E-state index contributed by atoms with van der Waals surface area (Å²) < 4.78 is 7.15. The van der Waals surface area contributed by atoms with E-state index in [9.17, 15) is 4.79 Å². The van der Waals surface area contributed by atoms with Gasteiger partial charge in [0.2, 0.25) is 5.91 Å². The molecule has 134 valence electrons. The predicted molar refractivity (Wildman–Crippen MR) is 101 cm³/mol. The second kappa shape index (κ2) is 7.87. The molecule has 1 aromatic heterocycles. The van der Waals surface area contributed by atoms with Gasteiger partial charge in [-0.25, -0.2) is 4.98 Å². The Kier molecular flexibility index (Phi) is 5.37. The molecule has 5 nitrogen and oxygen atoms in total. The highest BCUT2D eigenvalue weighted by atomic mass is 16.5. The predicted octanol–water partition coefficient (Wildman–Crippen LogP) is 3.44. The molecule has 0 radical (unpaired) electrons. The average molecular weight is 349 g/mol. The van der Waals surface area contributed by atoms with E-state index in [1.165, 1.54) is 0 Å². The van der Waals surface area contributed by atoms with Crippen LogP contribution in [0.3, 0.4) is 0 Å². The van der Waals surface area contributed by atoms with Gasteiger partial charge >= 0.3 is 0 Å². The molecule has 0 bridgehead atoms. The van der Waals surface area contributed by atoms with E-state index in [0.717, 1.165) is 22.7 Å². The van der Waals surface area contributed by atoms with E-state index >= 15 is 0 Å². The molecule has 0 aliphatic heterocycles. The van der Waals surface area contributed by atoms with Gasteiger partial charge in [-0.3, -0.25) is 4.79 Å². The number of benzene rings is 2. The monoisotopic (exact) mass is 349 g/mol. The number of imidazole rings is 1. The maximum atomic E-state index is 12.9. The third-order valence-corrected chi connectivity index (χ3v) is 4.55. The minimum absolute atomic E-state index is 0.0416. The van der Waals surface area contributed by atoms with Crippen LogP contribution in [0.4, 0.5) is 0 Å². The molecule has 2 atom stereocenters. The Balaban J connectivity index is 1.88. The van der Waals surface area contributed by atoms with E-state index in [0.29, 0.717) is 0 Å². The van der Waals surface area contributed by atoms with Crippen LogP contribution in [0, 0.1) is 0 Å². The van der Waals surface area contributed by atoms with Gasteiger partial charge in [0, 0.05) is 19.4 Å². The van der Waals surface area contributed by atoms with Crippen molar-refractivity contribution in [3.63, 3.8) is 0 Å². The van der Waals surface area contributed by atoms with Crippen molar-refractivity contribution >= 4 is 5.91 Å². The van der Waals surface area contributed by atoms with Crippen molar-refractivity contribution in [2.75, 3.05) is 7.11 Å². The van der Waals surface area contributed by atoms with Gasteiger partial charge in [-0.2, -0.15) is 0 Å². The molecule has 1 amide bonds. The molecule has 0 spiro atoms. The fourth-order valence-electron chi connectivity index (χ4n) is 2.91. The summed E-state index contributed by atoms with van der Waals surface area (Å²) in [4.78, 5) is 17.3. The number of nitrogens with zero attached hydrogens (tertiary/aromatic N) is 2. The summed E-state index contributed by atoms with van der Waals surface area (Å²) in [6.07, 6.45) is 3.61. The van der Waals surface area contributed by atoms with Crippen LogP contribution in [0.1, 0.15) is 35.8 Å². The minimum Gasteiger partial charge on any atom is -0.497 e. The van der Waals surface area contributed by atoms with Gasteiger partial charge in [-0.1, -0.05) is 42.5 Å². The van der Waals surface area contributed by atoms with Gasteiger partial charge < -0.3 is 14.6 Å². The fourth-order valence-corrected chi connectivity index (χ4v) is 2.91. The van der Waals surface area contributed by atoms with Crippen LogP contribution in [0.15, 0.2) is 67.0 Å². The van der Waals surface area contributed by atoms with Gasteiger partial charge in [0.1, 0.15) is 17.6 Å². The number of methoxy groups -OCH3 is 1. The van der Waals surface area contributed by atoms with E-state index in [4.69, 9.17) is 4.74 Å². The molecule has 0 aliphatic carbocycles. The molecule has 1 heterocycles. The van der Waals surface area contributed by atoms with Gasteiger partial charge in [-0.15, -0.1) is 0 Å². The zero-order valence-corrected chi connectivity index (χ0v) is 15.2. The lowest BCUT2D eigenvalue weighted by atomic mass is 9.99. The molecule has 3 rings (SSSR count). The number of aromatic nitrogens is 2. The number of carbonyl (C=O) groups is 1. The van der Waals surface area contributed by atoms with E-state index in [-0.39, 0.29) is 17.9 Å². The van der Waals surface area contributed by atoms with Crippen molar-refractivity contribution < 1.29 is 9.53 Å². The minimum atomic E-state index is -0.334. The highest BCUT2D eigenvalue weighted by Crippen LogP contribution is 2.24. The Hall–Kier alpha value is -3.08. The standard InChI is InChI=1S/C21H23N3O2/c1-15(16-7-5-4-6-8-16)21(25)23-19(20-22-13-14-24(20)2)17-9-11-18(26-3)12-10-17/h4-15,19H,1-3H3,(H,23,25). The van der Waals surface area contributed by atoms with E-state index < -0.39 is 0 Å². The molecule has 1 N–H and O–H groups in total. The van der Waals surface area contributed by atoms with Crippen molar-refractivity contribution in [2.45, 2.75) is 18.9 Å². The molecule has 2 aromatic carbocycles.